The topological polar surface area (TPSA) is 148 Å². The van der Waals surface area contributed by atoms with Crippen LogP contribution in [0.2, 0.25) is 0 Å². The number of likely N-dealkylation sites (N-methyl/N-ethyl adjacent to an activating group) is 1. The third kappa shape index (κ3) is 37.0. The van der Waals surface area contributed by atoms with Crippen LogP contribution in [0.3, 0.4) is 0 Å². The van der Waals surface area contributed by atoms with E-state index < -0.39 is 38.8 Å². The van der Waals surface area contributed by atoms with E-state index in [-0.39, 0.29) is 18.9 Å². The molecule has 0 radical (unpaired) electrons. The summed E-state index contributed by atoms with van der Waals surface area (Å²) in [7, 11) is 1.13. The number of quaternary nitrogens is 1. The monoisotopic (exact) mass is 793 g/mol. The predicted molar refractivity (Wildman–Crippen MR) is 226 cm³/mol. The minimum atomic E-state index is -4.64. The number of carbonyl (C=O) groups excluding carboxylic acids is 1. The Balaban J connectivity index is 4.75. The Morgan fingerprint density at radius 2 is 1.27 bits per heavy atom. The van der Waals surface area contributed by atoms with Crippen molar-refractivity contribution in [3.05, 3.63) is 85.1 Å². The van der Waals surface area contributed by atoms with Crippen LogP contribution in [0.1, 0.15) is 123 Å². The van der Waals surface area contributed by atoms with Gasteiger partial charge in [-0.2, -0.15) is 0 Å². The van der Waals surface area contributed by atoms with E-state index in [9.17, 15) is 29.6 Å². The van der Waals surface area contributed by atoms with E-state index in [1.807, 2.05) is 63.7 Å². The van der Waals surface area contributed by atoms with E-state index >= 15 is 0 Å². The molecular weight excluding hydrogens is 715 g/mol. The third-order valence-corrected chi connectivity index (χ3v) is 9.50. The van der Waals surface area contributed by atoms with Crippen molar-refractivity contribution in [2.24, 2.45) is 0 Å². The molecule has 0 heterocycles. The Labute approximate surface area is 334 Å². The van der Waals surface area contributed by atoms with Crippen LogP contribution < -0.4 is 10.2 Å². The van der Waals surface area contributed by atoms with Gasteiger partial charge in [0.2, 0.25) is 5.91 Å². The first-order valence-corrected chi connectivity index (χ1v) is 22.1. The van der Waals surface area contributed by atoms with Gasteiger partial charge < -0.3 is 39.1 Å². The van der Waals surface area contributed by atoms with Gasteiger partial charge in [0.25, 0.3) is 7.82 Å². The number of allylic oxidation sites excluding steroid dienone is 9. The van der Waals surface area contributed by atoms with Crippen molar-refractivity contribution >= 4 is 13.7 Å². The third-order valence-electron chi connectivity index (χ3n) is 8.54. The molecule has 5 atom stereocenters. The normalized spacial score (nSPS) is 16.5. The molecule has 0 aromatic heterocycles. The van der Waals surface area contributed by atoms with Crippen molar-refractivity contribution in [1.82, 2.24) is 5.32 Å². The van der Waals surface area contributed by atoms with Gasteiger partial charge >= 0.3 is 0 Å². The largest absolute Gasteiger partial charge is 0.756 e. The number of rotatable bonds is 35. The molecule has 316 valence electrons. The number of aliphatic hydroxyl groups is 3. The van der Waals surface area contributed by atoms with E-state index in [1.54, 1.807) is 42.5 Å². The summed E-state index contributed by atoms with van der Waals surface area (Å²) in [5, 5.41) is 33.6. The van der Waals surface area contributed by atoms with Gasteiger partial charge in [0.1, 0.15) is 13.2 Å². The fourth-order valence-corrected chi connectivity index (χ4v) is 5.89. The molecule has 4 N–H and O–H groups in total. The van der Waals surface area contributed by atoms with Crippen molar-refractivity contribution in [1.29, 1.82) is 0 Å². The smallest absolute Gasteiger partial charge is 0.268 e. The lowest BCUT2D eigenvalue weighted by Crippen LogP contribution is -2.45. The van der Waals surface area contributed by atoms with E-state index in [1.165, 1.54) is 51.4 Å². The number of hydrogen-bond donors (Lipinski definition) is 4. The predicted octanol–water partition coefficient (Wildman–Crippen LogP) is 8.33. The number of amides is 1. The average Bonchev–Trinajstić information content (AvgIpc) is 3.12. The highest BCUT2D eigenvalue weighted by molar-refractivity contribution is 7.45. The highest BCUT2D eigenvalue weighted by atomic mass is 31.2. The molecule has 0 bridgehead atoms. The second-order valence-electron chi connectivity index (χ2n) is 15.0. The van der Waals surface area contributed by atoms with E-state index in [0.717, 1.165) is 25.7 Å². The molecule has 0 fully saturated rings. The van der Waals surface area contributed by atoms with E-state index in [2.05, 4.69) is 19.2 Å². The molecule has 10 nitrogen and oxygen atoms in total. The molecule has 1 amide bonds. The van der Waals surface area contributed by atoms with Gasteiger partial charge in [-0.15, -0.1) is 0 Å². The molecule has 0 aromatic rings. The fourth-order valence-electron chi connectivity index (χ4n) is 5.17. The number of hydrogen-bond acceptors (Lipinski definition) is 8. The van der Waals surface area contributed by atoms with Crippen molar-refractivity contribution in [3.8, 4) is 0 Å². The first kappa shape index (κ1) is 52.6. The SMILES string of the molecule is CC/C=C\C[C@H](O)/C=C/C=C\C=C\[C@H](O)C/C=C\C/C=C\CCC(=O)N[C@@H](COP(=O)([O-])OCC[N+](C)(C)C)[C@H](O)/C=C/CCCCCCCCCCCC. The van der Waals surface area contributed by atoms with Gasteiger partial charge in [-0.05, 0) is 44.9 Å². The minimum absolute atomic E-state index is 0.0393. The number of phosphoric ester groups is 1. The van der Waals surface area contributed by atoms with Gasteiger partial charge in [-0.25, -0.2) is 0 Å². The fraction of sp³-hybridized carbons (Fsp3) is 0.659. The van der Waals surface area contributed by atoms with Crippen LogP contribution >= 0.6 is 7.82 Å². The average molecular weight is 793 g/mol. The van der Waals surface area contributed by atoms with Crippen LogP contribution in [0.15, 0.2) is 85.1 Å². The Kier molecular flexibility index (Phi) is 33.3. The van der Waals surface area contributed by atoms with Gasteiger partial charge in [0.05, 0.1) is 52.1 Å². The summed E-state index contributed by atoms with van der Waals surface area (Å²) < 4.78 is 23.0. The summed E-state index contributed by atoms with van der Waals surface area (Å²) in [6.07, 6.45) is 39.9. The van der Waals surface area contributed by atoms with Gasteiger partial charge in [-0.1, -0.05) is 157 Å². The standard InChI is InChI=1S/C44H77N2O8P/c1-6-8-10-11-12-13-14-15-16-17-21-29-35-43(49)42(39-54-55(51,52)53-38-37-46(3,4)5)45-44(50)36-30-22-19-18-20-26-32-41(48)34-28-24-23-27-33-40(47)31-25-9-7-2/h9,19-20,22-29,33-35,40-43,47-49H,6-8,10-18,21,30-32,36-39H2,1-5H3,(H-,45,50,51,52)/b22-19-,24-23-,25-9-,26-20-,33-27+,34-28+,35-29+/t40-,41+,42-,43+/m0/s1. The molecule has 0 saturated carbocycles. The maximum atomic E-state index is 12.8. The first-order valence-electron chi connectivity index (χ1n) is 20.7. The molecule has 0 spiro atoms. The zero-order valence-corrected chi connectivity index (χ0v) is 35.7. The van der Waals surface area contributed by atoms with Gasteiger partial charge in [0, 0.05) is 6.42 Å². The molecule has 55 heavy (non-hydrogen) atoms. The molecule has 0 aliphatic rings. The molecule has 0 aromatic carbocycles. The lowest BCUT2D eigenvalue weighted by Gasteiger charge is -2.29. The highest BCUT2D eigenvalue weighted by Crippen LogP contribution is 2.38. The Morgan fingerprint density at radius 1 is 0.709 bits per heavy atom. The molecule has 0 saturated heterocycles. The van der Waals surface area contributed by atoms with Crippen molar-refractivity contribution in [2.75, 3.05) is 40.9 Å². The van der Waals surface area contributed by atoms with E-state index in [4.69, 9.17) is 9.05 Å². The van der Waals surface area contributed by atoms with Crippen LogP contribution in [-0.4, -0.2) is 91.0 Å². The summed E-state index contributed by atoms with van der Waals surface area (Å²) in [5.41, 5.74) is 0. The summed E-state index contributed by atoms with van der Waals surface area (Å²) in [6, 6.07) is -0.967. The second kappa shape index (κ2) is 34.8. The lowest BCUT2D eigenvalue weighted by atomic mass is 10.1. The zero-order chi connectivity index (χ0) is 41.0. The minimum Gasteiger partial charge on any atom is -0.756 e. The Hall–Kier alpha value is -2.40. The maximum Gasteiger partial charge on any atom is 0.268 e. The Bertz CT molecular complexity index is 1200. The Morgan fingerprint density at radius 3 is 1.85 bits per heavy atom. The molecule has 0 rings (SSSR count). The van der Waals surface area contributed by atoms with Gasteiger partial charge in [0.15, 0.2) is 0 Å². The molecule has 11 heteroatoms. The first-order chi connectivity index (χ1) is 26.3. The number of phosphoric acid groups is 1. The number of aliphatic hydroxyl groups excluding tert-OH is 3. The van der Waals surface area contributed by atoms with Crippen molar-refractivity contribution in [3.63, 3.8) is 0 Å². The molecule has 0 aliphatic carbocycles. The van der Waals surface area contributed by atoms with Crippen LogP contribution in [0.5, 0.6) is 0 Å². The summed E-state index contributed by atoms with van der Waals surface area (Å²) in [5.74, 6) is -0.331. The van der Waals surface area contributed by atoms with Crippen LogP contribution in [0, 0.1) is 0 Å². The second-order valence-corrected chi connectivity index (χ2v) is 16.4. The number of nitrogens with zero attached hydrogens (tertiary/aromatic N) is 1. The summed E-state index contributed by atoms with van der Waals surface area (Å²) in [6.45, 7) is 4.26. The van der Waals surface area contributed by atoms with Crippen molar-refractivity contribution < 1.29 is 43.1 Å². The van der Waals surface area contributed by atoms with Crippen LogP contribution in [0.4, 0.5) is 0 Å². The molecule has 0 aliphatic heterocycles. The van der Waals surface area contributed by atoms with E-state index in [0.29, 0.717) is 36.7 Å². The molecule has 1 unspecified atom stereocenters. The lowest BCUT2D eigenvalue weighted by molar-refractivity contribution is -0.870. The number of unbranched alkanes of at least 4 members (excludes halogenated alkanes) is 10. The quantitative estimate of drug-likeness (QED) is 0.0165. The van der Waals surface area contributed by atoms with Crippen LogP contribution in [-0.2, 0) is 18.4 Å². The summed E-state index contributed by atoms with van der Waals surface area (Å²) in [4.78, 5) is 25.2. The maximum absolute atomic E-state index is 12.8. The van der Waals surface area contributed by atoms with Crippen LogP contribution in [0.25, 0.3) is 0 Å². The number of nitrogens with one attached hydrogen (secondary N) is 1. The summed E-state index contributed by atoms with van der Waals surface area (Å²) >= 11 is 0. The number of carbonyl (C=O) groups is 1. The van der Waals surface area contributed by atoms with Gasteiger partial charge in [-0.3, -0.25) is 9.36 Å². The highest BCUT2D eigenvalue weighted by Gasteiger charge is 2.23. The zero-order valence-electron chi connectivity index (χ0n) is 34.8. The van der Waals surface area contributed by atoms with Crippen molar-refractivity contribution in [2.45, 2.75) is 147 Å². The molecular formula is C44H77N2O8P.